The molecule has 0 bridgehead atoms. The Morgan fingerprint density at radius 3 is 2.50 bits per heavy atom. The summed E-state index contributed by atoms with van der Waals surface area (Å²) in [7, 11) is 1.49. The van der Waals surface area contributed by atoms with E-state index in [9.17, 15) is 23.6 Å². The molecule has 2 heterocycles. The zero-order chi connectivity index (χ0) is 27.3. The number of carbonyl (C=O) groups is 1. The molecule has 0 aliphatic heterocycles. The van der Waals surface area contributed by atoms with E-state index in [2.05, 4.69) is 5.32 Å². The Morgan fingerprint density at radius 1 is 1.11 bits per heavy atom. The monoisotopic (exact) mass is 628 g/mol. The maximum Gasteiger partial charge on any atom is 0.336 e. The van der Waals surface area contributed by atoms with Crippen molar-refractivity contribution < 1.29 is 9.18 Å². The van der Waals surface area contributed by atoms with Crippen molar-refractivity contribution in [2.75, 3.05) is 5.32 Å². The molecule has 5 rings (SSSR count). The predicted molar refractivity (Wildman–Crippen MR) is 154 cm³/mol. The average Bonchev–Trinajstić information content (AvgIpc) is 3.71. The van der Waals surface area contributed by atoms with Crippen molar-refractivity contribution in [3.05, 3.63) is 94.2 Å². The van der Waals surface area contributed by atoms with Crippen LogP contribution in [0.3, 0.4) is 0 Å². The number of halogens is 2. The summed E-state index contributed by atoms with van der Waals surface area (Å²) in [5, 5.41) is 3.00. The van der Waals surface area contributed by atoms with E-state index in [1.807, 2.05) is 22.6 Å². The SMILES string of the molecule is CCn1c(=O)c2c(Nc3ccc(I)cc3F)n(C)c(=O)c(C)c2n(-c2cccc(C(=O)CC3CC3)c2)c1=O. The lowest BCUT2D eigenvalue weighted by molar-refractivity contribution is 0.0976. The van der Waals surface area contributed by atoms with Gasteiger partial charge in [0.15, 0.2) is 5.78 Å². The van der Waals surface area contributed by atoms with E-state index in [0.717, 1.165) is 17.4 Å². The van der Waals surface area contributed by atoms with Gasteiger partial charge in [0, 0.05) is 34.7 Å². The maximum atomic E-state index is 14.8. The highest BCUT2D eigenvalue weighted by Gasteiger charge is 2.26. The second-order valence-electron chi connectivity index (χ2n) is 9.60. The number of ketones is 1. The van der Waals surface area contributed by atoms with Crippen LogP contribution in [0.25, 0.3) is 16.6 Å². The lowest BCUT2D eigenvalue weighted by Crippen LogP contribution is -2.41. The molecule has 0 radical (unpaired) electrons. The summed E-state index contributed by atoms with van der Waals surface area (Å²) >= 11 is 1.99. The Balaban J connectivity index is 1.83. The Kier molecular flexibility index (Phi) is 6.84. The molecule has 0 spiro atoms. The minimum Gasteiger partial charge on any atom is -0.338 e. The highest BCUT2D eigenvalue weighted by atomic mass is 127. The van der Waals surface area contributed by atoms with Gasteiger partial charge in [-0.15, -0.1) is 0 Å². The first kappa shape index (κ1) is 26.1. The molecule has 4 aromatic rings. The summed E-state index contributed by atoms with van der Waals surface area (Å²) in [5.74, 6) is -0.0985. The molecule has 2 aromatic heterocycles. The number of pyridine rings is 1. The van der Waals surface area contributed by atoms with Crippen LogP contribution in [0, 0.1) is 22.2 Å². The van der Waals surface area contributed by atoms with Crippen molar-refractivity contribution in [1.29, 1.82) is 0 Å². The number of hydrogen-bond donors (Lipinski definition) is 1. The van der Waals surface area contributed by atoms with Crippen molar-refractivity contribution in [3.63, 3.8) is 0 Å². The van der Waals surface area contributed by atoms with Crippen LogP contribution in [0.4, 0.5) is 15.9 Å². The van der Waals surface area contributed by atoms with E-state index in [4.69, 9.17) is 0 Å². The van der Waals surface area contributed by atoms with Gasteiger partial charge in [-0.3, -0.25) is 28.1 Å². The summed E-state index contributed by atoms with van der Waals surface area (Å²) in [6.07, 6.45) is 2.52. The number of fused-ring (bicyclic) bond motifs is 1. The molecule has 8 nitrogen and oxygen atoms in total. The fraction of sp³-hybridized carbons (Fsp3) is 0.286. The number of nitrogens with one attached hydrogen (secondary N) is 1. The third-order valence-electron chi connectivity index (χ3n) is 6.99. The van der Waals surface area contributed by atoms with Crippen LogP contribution in [0.2, 0.25) is 0 Å². The van der Waals surface area contributed by atoms with E-state index in [1.165, 1.54) is 28.3 Å². The van der Waals surface area contributed by atoms with Gasteiger partial charge in [0.2, 0.25) is 0 Å². The van der Waals surface area contributed by atoms with Crippen molar-refractivity contribution in [2.24, 2.45) is 13.0 Å². The normalized spacial score (nSPS) is 13.2. The molecule has 0 saturated heterocycles. The number of Topliss-reactive ketones (excluding diaryl/α,β-unsaturated/α-hetero) is 1. The van der Waals surface area contributed by atoms with Gasteiger partial charge in [0.25, 0.3) is 11.1 Å². The number of aromatic nitrogens is 3. The van der Waals surface area contributed by atoms with Gasteiger partial charge >= 0.3 is 5.69 Å². The van der Waals surface area contributed by atoms with E-state index >= 15 is 0 Å². The molecular formula is C28H26FIN4O4. The minimum atomic E-state index is -0.625. The highest BCUT2D eigenvalue weighted by molar-refractivity contribution is 14.1. The highest BCUT2D eigenvalue weighted by Crippen LogP contribution is 2.34. The number of benzene rings is 2. The van der Waals surface area contributed by atoms with Crippen LogP contribution in [0.1, 0.15) is 42.1 Å². The standard InChI is InChI=1S/C28H26FIN4O4/c1-4-33-27(37)23-24(15(2)26(36)32(3)25(23)31-21-11-10-18(30)14-20(21)29)34(28(33)38)19-7-5-6-17(13-19)22(35)12-16-8-9-16/h5-7,10-11,13-14,16,31H,4,8-9,12H2,1-3H3. The van der Waals surface area contributed by atoms with Crippen LogP contribution in [-0.2, 0) is 13.6 Å². The lowest BCUT2D eigenvalue weighted by atomic mass is 10.0. The number of hydrogen-bond acceptors (Lipinski definition) is 5. The first-order valence-corrected chi connectivity index (χ1v) is 13.4. The molecule has 0 atom stereocenters. The molecule has 1 fully saturated rings. The molecule has 1 N–H and O–H groups in total. The first-order valence-electron chi connectivity index (χ1n) is 12.4. The summed E-state index contributed by atoms with van der Waals surface area (Å²) < 4.78 is 19.1. The summed E-state index contributed by atoms with van der Waals surface area (Å²) in [6, 6.07) is 11.2. The molecule has 1 aliphatic carbocycles. The largest absolute Gasteiger partial charge is 0.338 e. The molecule has 1 saturated carbocycles. The Labute approximate surface area is 230 Å². The molecule has 0 amide bonds. The molecular weight excluding hydrogens is 602 g/mol. The van der Waals surface area contributed by atoms with Gasteiger partial charge in [0.05, 0.1) is 16.9 Å². The molecule has 38 heavy (non-hydrogen) atoms. The van der Waals surface area contributed by atoms with Crippen LogP contribution in [-0.4, -0.2) is 19.5 Å². The number of anilines is 2. The quantitative estimate of drug-likeness (QED) is 0.238. The molecule has 10 heteroatoms. The van der Waals surface area contributed by atoms with Crippen LogP contribution < -0.4 is 22.1 Å². The number of carbonyl (C=O) groups excluding carboxylic acids is 1. The lowest BCUT2D eigenvalue weighted by Gasteiger charge is -2.20. The van der Waals surface area contributed by atoms with E-state index in [-0.39, 0.29) is 40.3 Å². The zero-order valence-electron chi connectivity index (χ0n) is 21.2. The third-order valence-corrected chi connectivity index (χ3v) is 7.66. The smallest absolute Gasteiger partial charge is 0.336 e. The van der Waals surface area contributed by atoms with Crippen molar-refractivity contribution in [1.82, 2.24) is 13.7 Å². The number of aryl methyl sites for hydroxylation is 1. The summed E-state index contributed by atoms with van der Waals surface area (Å²) in [6.45, 7) is 3.30. The molecule has 196 valence electrons. The minimum absolute atomic E-state index is 0.0142. The van der Waals surface area contributed by atoms with Crippen LogP contribution in [0.15, 0.2) is 56.8 Å². The molecule has 0 unspecified atom stereocenters. The Bertz CT molecular complexity index is 1800. The van der Waals surface area contributed by atoms with Crippen molar-refractivity contribution in [2.45, 2.75) is 39.7 Å². The van der Waals surface area contributed by atoms with Gasteiger partial charge < -0.3 is 5.32 Å². The van der Waals surface area contributed by atoms with E-state index < -0.39 is 22.6 Å². The fourth-order valence-corrected chi connectivity index (χ4v) is 5.20. The van der Waals surface area contributed by atoms with Gasteiger partial charge in [0.1, 0.15) is 17.0 Å². The third kappa shape index (κ3) is 4.50. The van der Waals surface area contributed by atoms with Crippen molar-refractivity contribution >= 4 is 50.8 Å². The Hall–Kier alpha value is -3.54. The molecule has 2 aromatic carbocycles. The van der Waals surface area contributed by atoms with Crippen molar-refractivity contribution in [3.8, 4) is 5.69 Å². The van der Waals surface area contributed by atoms with Gasteiger partial charge in [-0.25, -0.2) is 9.18 Å². The van der Waals surface area contributed by atoms with E-state index in [0.29, 0.717) is 27.2 Å². The van der Waals surface area contributed by atoms with Gasteiger partial charge in [-0.2, -0.15) is 0 Å². The van der Waals surface area contributed by atoms with Gasteiger partial charge in [-0.05, 0) is 85.5 Å². The fourth-order valence-electron chi connectivity index (χ4n) is 4.75. The average molecular weight is 628 g/mol. The predicted octanol–water partition coefficient (Wildman–Crippen LogP) is 4.65. The summed E-state index contributed by atoms with van der Waals surface area (Å²) in [4.78, 5) is 53.5. The topological polar surface area (TPSA) is 95.1 Å². The number of nitrogens with zero attached hydrogens (tertiary/aromatic N) is 3. The Morgan fingerprint density at radius 2 is 1.84 bits per heavy atom. The number of rotatable bonds is 7. The maximum absolute atomic E-state index is 14.8. The van der Waals surface area contributed by atoms with Crippen LogP contribution >= 0.6 is 22.6 Å². The van der Waals surface area contributed by atoms with Gasteiger partial charge in [-0.1, -0.05) is 12.1 Å². The second kappa shape index (κ2) is 9.97. The van der Waals surface area contributed by atoms with E-state index in [1.54, 1.807) is 44.2 Å². The summed E-state index contributed by atoms with van der Waals surface area (Å²) in [5.41, 5.74) is -0.462. The first-order chi connectivity index (χ1) is 18.1. The van der Waals surface area contributed by atoms with Crippen LogP contribution in [0.5, 0.6) is 0 Å². The zero-order valence-corrected chi connectivity index (χ0v) is 23.3. The second-order valence-corrected chi connectivity index (χ2v) is 10.8. The molecule has 1 aliphatic rings.